The van der Waals surface area contributed by atoms with Crippen molar-refractivity contribution in [2.45, 2.75) is 52.1 Å². The highest BCUT2D eigenvalue weighted by molar-refractivity contribution is 5.19. The van der Waals surface area contributed by atoms with Crippen molar-refractivity contribution >= 4 is 0 Å². The maximum Gasteiger partial charge on any atom is 0.213 e. The van der Waals surface area contributed by atoms with Gasteiger partial charge in [0, 0.05) is 12.3 Å². The van der Waals surface area contributed by atoms with E-state index in [1.165, 1.54) is 32.1 Å². The van der Waals surface area contributed by atoms with Crippen LogP contribution in [-0.2, 0) is 6.61 Å². The van der Waals surface area contributed by atoms with Crippen molar-refractivity contribution in [2.24, 2.45) is 0 Å². The van der Waals surface area contributed by atoms with Gasteiger partial charge in [-0.2, -0.15) is 0 Å². The number of nitrogens with zero attached hydrogens (tertiary/aromatic N) is 1. The lowest BCUT2D eigenvalue weighted by Crippen LogP contribution is -1.99. The first-order valence-electron chi connectivity index (χ1n) is 6.55. The second-order valence-corrected chi connectivity index (χ2v) is 4.28. The highest BCUT2D eigenvalue weighted by atomic mass is 16.5. The fourth-order valence-corrected chi connectivity index (χ4v) is 1.69. The fraction of sp³-hybridized carbons (Fsp3) is 0.643. The Labute approximate surface area is 104 Å². The maximum absolute atomic E-state index is 8.97. The summed E-state index contributed by atoms with van der Waals surface area (Å²) in [6.07, 6.45) is 9.21. The molecule has 0 aromatic carbocycles. The maximum atomic E-state index is 8.97. The van der Waals surface area contributed by atoms with Gasteiger partial charge < -0.3 is 9.84 Å². The highest BCUT2D eigenvalue weighted by Crippen LogP contribution is 2.10. The Morgan fingerprint density at radius 3 is 2.71 bits per heavy atom. The fourth-order valence-electron chi connectivity index (χ4n) is 1.69. The Morgan fingerprint density at radius 1 is 1.18 bits per heavy atom. The van der Waals surface area contributed by atoms with Gasteiger partial charge in [0.1, 0.15) is 0 Å². The molecular weight excluding hydrogens is 214 g/mol. The van der Waals surface area contributed by atoms with E-state index < -0.39 is 0 Å². The van der Waals surface area contributed by atoms with E-state index >= 15 is 0 Å². The molecule has 0 aliphatic carbocycles. The molecule has 1 heterocycles. The van der Waals surface area contributed by atoms with E-state index in [2.05, 4.69) is 11.9 Å². The third-order valence-corrected chi connectivity index (χ3v) is 2.73. The SMILES string of the molecule is CCCCCCCCOc1cc(CO)ccn1. The number of aliphatic hydroxyl groups is 1. The predicted octanol–water partition coefficient (Wildman–Crippen LogP) is 3.31. The number of hydrogen-bond acceptors (Lipinski definition) is 3. The molecule has 0 amide bonds. The average Bonchev–Trinajstić information content (AvgIpc) is 2.38. The van der Waals surface area contributed by atoms with Crippen LogP contribution in [0.25, 0.3) is 0 Å². The topological polar surface area (TPSA) is 42.4 Å². The summed E-state index contributed by atoms with van der Waals surface area (Å²) in [4.78, 5) is 4.10. The van der Waals surface area contributed by atoms with E-state index in [0.717, 1.165) is 12.0 Å². The van der Waals surface area contributed by atoms with Gasteiger partial charge >= 0.3 is 0 Å². The lowest BCUT2D eigenvalue weighted by atomic mass is 10.1. The lowest BCUT2D eigenvalue weighted by Gasteiger charge is -2.06. The summed E-state index contributed by atoms with van der Waals surface area (Å²) in [5, 5.41) is 8.97. The molecule has 0 aliphatic rings. The van der Waals surface area contributed by atoms with Crippen LogP contribution >= 0.6 is 0 Å². The summed E-state index contributed by atoms with van der Waals surface area (Å²) in [6.45, 7) is 2.98. The van der Waals surface area contributed by atoms with Gasteiger partial charge in [0.05, 0.1) is 13.2 Å². The van der Waals surface area contributed by atoms with Gasteiger partial charge in [0.2, 0.25) is 5.88 Å². The van der Waals surface area contributed by atoms with Crippen LogP contribution in [0.2, 0.25) is 0 Å². The second-order valence-electron chi connectivity index (χ2n) is 4.28. The number of ether oxygens (including phenoxy) is 1. The van der Waals surface area contributed by atoms with E-state index in [0.29, 0.717) is 12.5 Å². The summed E-state index contributed by atoms with van der Waals surface area (Å²) in [5.74, 6) is 0.616. The van der Waals surface area contributed by atoms with Crippen molar-refractivity contribution in [3.05, 3.63) is 23.9 Å². The highest BCUT2D eigenvalue weighted by Gasteiger charge is 1.97. The minimum absolute atomic E-state index is 0.0376. The summed E-state index contributed by atoms with van der Waals surface area (Å²) < 4.78 is 5.53. The largest absolute Gasteiger partial charge is 0.478 e. The zero-order chi connectivity index (χ0) is 12.3. The molecule has 1 rings (SSSR count). The van der Waals surface area contributed by atoms with Crippen molar-refractivity contribution in [1.29, 1.82) is 0 Å². The van der Waals surface area contributed by atoms with Gasteiger partial charge in [-0.05, 0) is 18.1 Å². The van der Waals surface area contributed by atoms with Crippen LogP contribution in [0.5, 0.6) is 5.88 Å². The van der Waals surface area contributed by atoms with Crippen LogP contribution < -0.4 is 4.74 Å². The first-order valence-corrected chi connectivity index (χ1v) is 6.55. The Balaban J connectivity index is 2.09. The molecule has 0 saturated carbocycles. The normalized spacial score (nSPS) is 10.5. The first-order chi connectivity index (χ1) is 8.36. The van der Waals surface area contributed by atoms with E-state index in [1.54, 1.807) is 18.3 Å². The molecule has 1 aromatic heterocycles. The van der Waals surface area contributed by atoms with Gasteiger partial charge in [-0.15, -0.1) is 0 Å². The Kier molecular flexibility index (Phi) is 7.39. The molecule has 3 heteroatoms. The Hall–Kier alpha value is -1.09. The van der Waals surface area contributed by atoms with Gasteiger partial charge in [0.25, 0.3) is 0 Å². The van der Waals surface area contributed by atoms with Crippen LogP contribution in [0.3, 0.4) is 0 Å². The standard InChI is InChI=1S/C14H23NO2/c1-2-3-4-5-6-7-10-17-14-11-13(12-16)8-9-15-14/h8-9,11,16H,2-7,10,12H2,1H3. The van der Waals surface area contributed by atoms with Crippen molar-refractivity contribution < 1.29 is 9.84 Å². The summed E-state index contributed by atoms with van der Waals surface area (Å²) >= 11 is 0. The molecule has 17 heavy (non-hydrogen) atoms. The number of unbranched alkanes of at least 4 members (excludes halogenated alkanes) is 5. The molecule has 3 nitrogen and oxygen atoms in total. The van der Waals surface area contributed by atoms with Gasteiger partial charge in [-0.3, -0.25) is 0 Å². The van der Waals surface area contributed by atoms with Crippen LogP contribution in [-0.4, -0.2) is 16.7 Å². The van der Waals surface area contributed by atoms with E-state index in [1.807, 2.05) is 0 Å². The molecular formula is C14H23NO2. The van der Waals surface area contributed by atoms with Crippen molar-refractivity contribution in [1.82, 2.24) is 4.98 Å². The number of aromatic nitrogens is 1. The molecule has 0 atom stereocenters. The molecule has 1 aromatic rings. The molecule has 0 radical (unpaired) electrons. The molecule has 0 bridgehead atoms. The average molecular weight is 237 g/mol. The minimum atomic E-state index is 0.0376. The molecule has 0 unspecified atom stereocenters. The zero-order valence-corrected chi connectivity index (χ0v) is 10.7. The predicted molar refractivity (Wildman–Crippen MR) is 69.0 cm³/mol. The Morgan fingerprint density at radius 2 is 1.94 bits per heavy atom. The van der Waals surface area contributed by atoms with Crippen LogP contribution in [0, 0.1) is 0 Å². The number of hydrogen-bond donors (Lipinski definition) is 1. The van der Waals surface area contributed by atoms with Gasteiger partial charge in [-0.25, -0.2) is 4.98 Å². The molecule has 1 N–H and O–H groups in total. The summed E-state index contributed by atoms with van der Waals surface area (Å²) in [7, 11) is 0. The molecule has 0 fully saturated rings. The minimum Gasteiger partial charge on any atom is -0.478 e. The quantitative estimate of drug-likeness (QED) is 0.670. The van der Waals surface area contributed by atoms with Crippen LogP contribution in [0.1, 0.15) is 51.0 Å². The molecule has 0 spiro atoms. The van der Waals surface area contributed by atoms with Gasteiger partial charge in [0.15, 0.2) is 0 Å². The van der Waals surface area contributed by atoms with E-state index in [4.69, 9.17) is 9.84 Å². The van der Waals surface area contributed by atoms with E-state index in [9.17, 15) is 0 Å². The third kappa shape index (κ3) is 6.27. The molecule has 0 aliphatic heterocycles. The zero-order valence-electron chi connectivity index (χ0n) is 10.7. The third-order valence-electron chi connectivity index (χ3n) is 2.73. The molecule has 0 saturated heterocycles. The van der Waals surface area contributed by atoms with Crippen molar-refractivity contribution in [3.8, 4) is 5.88 Å². The number of rotatable bonds is 9. The number of pyridine rings is 1. The van der Waals surface area contributed by atoms with Crippen LogP contribution in [0.4, 0.5) is 0 Å². The van der Waals surface area contributed by atoms with Crippen molar-refractivity contribution in [2.75, 3.05) is 6.61 Å². The lowest BCUT2D eigenvalue weighted by molar-refractivity contribution is 0.275. The Bertz CT molecular complexity index is 302. The monoisotopic (exact) mass is 237 g/mol. The van der Waals surface area contributed by atoms with Crippen LogP contribution in [0.15, 0.2) is 18.3 Å². The number of aliphatic hydroxyl groups excluding tert-OH is 1. The molecule has 96 valence electrons. The van der Waals surface area contributed by atoms with Gasteiger partial charge in [-0.1, -0.05) is 39.0 Å². The first kappa shape index (κ1) is 14.0. The van der Waals surface area contributed by atoms with Crippen molar-refractivity contribution in [3.63, 3.8) is 0 Å². The smallest absolute Gasteiger partial charge is 0.213 e. The summed E-state index contributed by atoms with van der Waals surface area (Å²) in [5.41, 5.74) is 0.845. The second kappa shape index (κ2) is 8.99. The summed E-state index contributed by atoms with van der Waals surface area (Å²) in [6, 6.07) is 3.58. The van der Waals surface area contributed by atoms with E-state index in [-0.39, 0.29) is 6.61 Å².